The number of fused-ring (bicyclic) bond motifs is 1. The minimum absolute atomic E-state index is 0.0139. The molecule has 0 aromatic heterocycles. The van der Waals surface area contributed by atoms with Crippen LogP contribution in [0.2, 0.25) is 0 Å². The lowest BCUT2D eigenvalue weighted by Gasteiger charge is -2.27. The topological polar surface area (TPSA) is 64.3 Å². The Hall–Kier alpha value is -1.81. The molecule has 4 nitrogen and oxygen atoms in total. The molecule has 20 heavy (non-hydrogen) atoms. The molecule has 4 heteroatoms. The number of nitrogens with two attached hydrogens (primary N) is 1. The lowest BCUT2D eigenvalue weighted by Crippen LogP contribution is -2.41. The van der Waals surface area contributed by atoms with Crippen molar-refractivity contribution in [2.45, 2.75) is 37.8 Å². The van der Waals surface area contributed by atoms with Crippen LogP contribution in [-0.2, 0) is 4.79 Å². The van der Waals surface area contributed by atoms with Gasteiger partial charge in [0.25, 0.3) is 5.91 Å². The van der Waals surface area contributed by atoms with Crippen molar-refractivity contribution in [2.75, 3.05) is 6.61 Å². The number of hydrogen-bond donors (Lipinski definition) is 2. The molecule has 106 valence electrons. The number of ether oxygens (including phenoxy) is 1. The fourth-order valence-electron chi connectivity index (χ4n) is 2.79. The van der Waals surface area contributed by atoms with Crippen molar-refractivity contribution in [1.29, 1.82) is 0 Å². The molecule has 3 N–H and O–H groups in total. The van der Waals surface area contributed by atoms with E-state index in [4.69, 9.17) is 10.5 Å². The number of benzene rings is 1. The second kappa shape index (κ2) is 5.67. The highest BCUT2D eigenvalue weighted by molar-refractivity contribution is 5.99. The zero-order chi connectivity index (χ0) is 13.9. The first-order valence-electron chi connectivity index (χ1n) is 7.21. The van der Waals surface area contributed by atoms with E-state index >= 15 is 0 Å². The van der Waals surface area contributed by atoms with Gasteiger partial charge in [0.2, 0.25) is 0 Å². The zero-order valence-corrected chi connectivity index (χ0v) is 11.5. The van der Waals surface area contributed by atoms with Gasteiger partial charge in [0.15, 0.2) is 0 Å². The number of carbonyl (C=O) groups excluding carboxylic acids is 1. The summed E-state index contributed by atoms with van der Waals surface area (Å²) in [7, 11) is 0. The molecule has 1 amide bonds. The maximum Gasteiger partial charge on any atom is 0.250 e. The van der Waals surface area contributed by atoms with Crippen LogP contribution in [0.1, 0.15) is 31.2 Å². The summed E-state index contributed by atoms with van der Waals surface area (Å²) in [4.78, 5) is 12.3. The summed E-state index contributed by atoms with van der Waals surface area (Å²) in [5, 5.41) is 3.10. The van der Waals surface area contributed by atoms with Gasteiger partial charge in [-0.05, 0) is 37.8 Å². The minimum atomic E-state index is -0.0139. The van der Waals surface area contributed by atoms with Gasteiger partial charge in [-0.2, -0.15) is 0 Å². The molecule has 0 unspecified atom stereocenters. The van der Waals surface area contributed by atoms with Gasteiger partial charge in [0.05, 0.1) is 5.57 Å². The van der Waals surface area contributed by atoms with Gasteiger partial charge in [-0.25, -0.2) is 0 Å². The molecule has 1 aromatic carbocycles. The third kappa shape index (κ3) is 2.85. The van der Waals surface area contributed by atoms with Crippen LogP contribution in [0, 0.1) is 0 Å². The Kier molecular flexibility index (Phi) is 3.74. The Balaban J connectivity index is 1.65. The molecule has 1 aliphatic heterocycles. The van der Waals surface area contributed by atoms with E-state index in [0.717, 1.165) is 37.0 Å². The molecule has 0 atom stereocenters. The van der Waals surface area contributed by atoms with Crippen molar-refractivity contribution >= 4 is 12.0 Å². The second-order valence-corrected chi connectivity index (χ2v) is 5.58. The maximum atomic E-state index is 12.3. The minimum Gasteiger partial charge on any atom is -0.488 e. The van der Waals surface area contributed by atoms with Crippen LogP contribution in [0.3, 0.4) is 0 Å². The van der Waals surface area contributed by atoms with Crippen molar-refractivity contribution in [2.24, 2.45) is 5.73 Å². The summed E-state index contributed by atoms with van der Waals surface area (Å²) in [5.74, 6) is 0.827. The molecule has 0 saturated heterocycles. The van der Waals surface area contributed by atoms with E-state index in [2.05, 4.69) is 5.32 Å². The molecule has 1 heterocycles. The fourth-order valence-corrected chi connectivity index (χ4v) is 2.79. The third-order valence-electron chi connectivity index (χ3n) is 4.03. The van der Waals surface area contributed by atoms with Gasteiger partial charge in [0.1, 0.15) is 12.4 Å². The van der Waals surface area contributed by atoms with Crippen LogP contribution in [0.25, 0.3) is 6.08 Å². The van der Waals surface area contributed by atoms with Crippen molar-refractivity contribution in [1.82, 2.24) is 5.32 Å². The SMILES string of the molecule is NC1CCC(NC(=O)C2=Cc3ccccc3OC2)CC1. The van der Waals surface area contributed by atoms with Gasteiger partial charge in [-0.1, -0.05) is 18.2 Å². The Bertz CT molecular complexity index is 531. The van der Waals surface area contributed by atoms with Crippen LogP contribution >= 0.6 is 0 Å². The first-order chi connectivity index (χ1) is 9.72. The molecule has 0 bridgehead atoms. The molecule has 1 aliphatic carbocycles. The van der Waals surface area contributed by atoms with E-state index < -0.39 is 0 Å². The monoisotopic (exact) mass is 272 g/mol. The highest BCUT2D eigenvalue weighted by Gasteiger charge is 2.23. The molecule has 1 saturated carbocycles. The normalized spacial score (nSPS) is 25.1. The summed E-state index contributed by atoms with van der Waals surface area (Å²) in [5.41, 5.74) is 7.54. The lowest BCUT2D eigenvalue weighted by molar-refractivity contribution is -0.118. The molecular formula is C16H20N2O2. The van der Waals surface area contributed by atoms with Gasteiger partial charge in [0, 0.05) is 17.6 Å². The number of carbonyl (C=O) groups is 1. The highest BCUT2D eigenvalue weighted by atomic mass is 16.5. The predicted molar refractivity (Wildman–Crippen MR) is 78.3 cm³/mol. The molecule has 2 aliphatic rings. The van der Waals surface area contributed by atoms with Gasteiger partial charge >= 0.3 is 0 Å². The van der Waals surface area contributed by atoms with E-state index in [9.17, 15) is 4.79 Å². The average molecular weight is 272 g/mol. The maximum absolute atomic E-state index is 12.3. The van der Waals surface area contributed by atoms with Crippen LogP contribution < -0.4 is 15.8 Å². The summed E-state index contributed by atoms with van der Waals surface area (Å²) in [6.45, 7) is 0.342. The van der Waals surface area contributed by atoms with Crippen LogP contribution in [0.4, 0.5) is 0 Å². The smallest absolute Gasteiger partial charge is 0.250 e. The largest absolute Gasteiger partial charge is 0.488 e. The number of rotatable bonds is 2. The quantitative estimate of drug-likeness (QED) is 0.863. The first kappa shape index (κ1) is 13.2. The summed E-state index contributed by atoms with van der Waals surface area (Å²) in [6.07, 6.45) is 5.84. The van der Waals surface area contributed by atoms with Crippen LogP contribution in [0.5, 0.6) is 5.75 Å². The van der Waals surface area contributed by atoms with Crippen LogP contribution in [0.15, 0.2) is 29.8 Å². The number of para-hydroxylation sites is 1. The fraction of sp³-hybridized carbons (Fsp3) is 0.438. The van der Waals surface area contributed by atoms with E-state index in [1.54, 1.807) is 0 Å². The predicted octanol–water partition coefficient (Wildman–Crippen LogP) is 1.85. The van der Waals surface area contributed by atoms with E-state index in [1.165, 1.54) is 0 Å². The Morgan fingerprint density at radius 3 is 2.75 bits per heavy atom. The van der Waals surface area contributed by atoms with Crippen LogP contribution in [-0.4, -0.2) is 24.6 Å². The Morgan fingerprint density at radius 1 is 1.20 bits per heavy atom. The van der Waals surface area contributed by atoms with Crippen molar-refractivity contribution < 1.29 is 9.53 Å². The molecule has 0 spiro atoms. The van der Waals surface area contributed by atoms with Gasteiger partial charge < -0.3 is 15.8 Å². The first-order valence-corrected chi connectivity index (χ1v) is 7.21. The number of amides is 1. The van der Waals surface area contributed by atoms with E-state index in [-0.39, 0.29) is 11.9 Å². The summed E-state index contributed by atoms with van der Waals surface area (Å²) in [6, 6.07) is 8.31. The van der Waals surface area contributed by atoms with Crippen molar-refractivity contribution in [3.05, 3.63) is 35.4 Å². The summed E-state index contributed by atoms with van der Waals surface area (Å²) >= 11 is 0. The number of hydrogen-bond acceptors (Lipinski definition) is 3. The van der Waals surface area contributed by atoms with Crippen molar-refractivity contribution in [3.8, 4) is 5.75 Å². The second-order valence-electron chi connectivity index (χ2n) is 5.58. The molecule has 1 fully saturated rings. The van der Waals surface area contributed by atoms with E-state index in [0.29, 0.717) is 18.2 Å². The van der Waals surface area contributed by atoms with Crippen molar-refractivity contribution in [3.63, 3.8) is 0 Å². The van der Waals surface area contributed by atoms with Gasteiger partial charge in [-0.3, -0.25) is 4.79 Å². The zero-order valence-electron chi connectivity index (χ0n) is 11.5. The molecule has 3 rings (SSSR count). The Morgan fingerprint density at radius 2 is 1.95 bits per heavy atom. The van der Waals surface area contributed by atoms with E-state index in [1.807, 2.05) is 30.3 Å². The number of nitrogens with one attached hydrogen (secondary N) is 1. The molecular weight excluding hydrogens is 252 g/mol. The lowest BCUT2D eigenvalue weighted by atomic mass is 9.91. The third-order valence-corrected chi connectivity index (χ3v) is 4.03. The average Bonchev–Trinajstić information content (AvgIpc) is 2.49. The highest BCUT2D eigenvalue weighted by Crippen LogP contribution is 2.26. The summed E-state index contributed by atoms with van der Waals surface area (Å²) < 4.78 is 5.61. The standard InChI is InChI=1S/C16H20N2O2/c17-13-5-7-14(8-6-13)18-16(19)12-9-11-3-1-2-4-15(11)20-10-12/h1-4,9,13-14H,5-8,10,17H2,(H,18,19). The molecule has 0 radical (unpaired) electrons. The molecule has 1 aromatic rings. The Labute approximate surface area is 119 Å². The van der Waals surface area contributed by atoms with Gasteiger partial charge in [-0.15, -0.1) is 0 Å².